The molecule has 7 heteroatoms. The lowest BCUT2D eigenvalue weighted by Gasteiger charge is -2.13. The number of anilines is 1. The van der Waals surface area contributed by atoms with Crippen molar-refractivity contribution in [3.63, 3.8) is 0 Å². The maximum Gasteiger partial charge on any atom is 0.285 e. The van der Waals surface area contributed by atoms with E-state index in [1.165, 1.54) is 6.07 Å². The van der Waals surface area contributed by atoms with Crippen molar-refractivity contribution in [1.29, 1.82) is 0 Å². The highest BCUT2D eigenvalue weighted by molar-refractivity contribution is 9.10. The van der Waals surface area contributed by atoms with Gasteiger partial charge in [0.1, 0.15) is 0 Å². The Balaban J connectivity index is 2.08. The van der Waals surface area contributed by atoms with Crippen molar-refractivity contribution in [3.8, 4) is 0 Å². The molecule has 5 nitrogen and oxygen atoms in total. The lowest BCUT2D eigenvalue weighted by atomic mass is 9.98. The molecule has 1 heterocycles. The minimum absolute atomic E-state index is 0.0410. The number of aromatic nitrogens is 1. The zero-order valence-corrected chi connectivity index (χ0v) is 14.4. The van der Waals surface area contributed by atoms with Gasteiger partial charge < -0.3 is 5.32 Å². The van der Waals surface area contributed by atoms with Crippen LogP contribution in [0.25, 0.3) is 0 Å². The third-order valence-electron chi connectivity index (χ3n) is 2.80. The van der Waals surface area contributed by atoms with Crippen molar-refractivity contribution in [2.24, 2.45) is 0 Å². The Morgan fingerprint density at radius 1 is 1.43 bits per heavy atom. The minimum atomic E-state index is -0.403. The van der Waals surface area contributed by atoms with Crippen LogP contribution in [0.4, 0.5) is 11.4 Å². The zero-order valence-electron chi connectivity index (χ0n) is 12.0. The third kappa shape index (κ3) is 4.01. The van der Waals surface area contributed by atoms with Crippen LogP contribution in [0.2, 0.25) is 0 Å². The summed E-state index contributed by atoms with van der Waals surface area (Å²) in [7, 11) is 0. The number of benzene rings is 1. The maximum absolute atomic E-state index is 10.9. The van der Waals surface area contributed by atoms with Crippen LogP contribution < -0.4 is 5.32 Å². The number of rotatable bonds is 4. The molecule has 0 unspecified atom stereocenters. The summed E-state index contributed by atoms with van der Waals surface area (Å²) in [6, 6.07) is 5.01. The molecule has 1 aromatic carbocycles. The summed E-state index contributed by atoms with van der Waals surface area (Å²) in [5.41, 5.74) is 0.814. The van der Waals surface area contributed by atoms with E-state index in [2.05, 4.69) is 47.0 Å². The van der Waals surface area contributed by atoms with Gasteiger partial charge in [-0.05, 0) is 28.1 Å². The quantitative estimate of drug-likeness (QED) is 0.624. The molecule has 0 fully saturated rings. The van der Waals surface area contributed by atoms with Crippen molar-refractivity contribution in [3.05, 3.63) is 48.9 Å². The van der Waals surface area contributed by atoms with Crippen molar-refractivity contribution in [2.75, 3.05) is 5.32 Å². The predicted molar refractivity (Wildman–Crippen MR) is 88.9 cm³/mol. The van der Waals surface area contributed by atoms with Gasteiger partial charge in [-0.15, -0.1) is 11.3 Å². The standard InChI is InChI=1S/C14H16BrN3O2S/c1-14(2,3)13-17-8-10(21-13)7-16-9-4-5-11(15)12(6-9)18(19)20/h4-6,8,16H,7H2,1-3H3. The van der Waals surface area contributed by atoms with E-state index in [0.717, 1.165) is 15.6 Å². The first kappa shape index (κ1) is 15.9. The van der Waals surface area contributed by atoms with Crippen LogP contribution in [0.1, 0.15) is 30.7 Å². The Kier molecular flexibility index (Phi) is 4.63. The second-order valence-corrected chi connectivity index (χ2v) is 7.63. The molecule has 1 N–H and O–H groups in total. The largest absolute Gasteiger partial charge is 0.380 e. The molecule has 1 aromatic heterocycles. The normalized spacial score (nSPS) is 11.4. The Morgan fingerprint density at radius 3 is 2.71 bits per heavy atom. The van der Waals surface area contributed by atoms with Crippen LogP contribution in [0.3, 0.4) is 0 Å². The van der Waals surface area contributed by atoms with Crippen LogP contribution in [0.15, 0.2) is 28.9 Å². The molecule has 112 valence electrons. The van der Waals surface area contributed by atoms with Crippen molar-refractivity contribution >= 4 is 38.6 Å². The molecule has 0 aliphatic rings. The van der Waals surface area contributed by atoms with Crippen molar-refractivity contribution < 1.29 is 4.92 Å². The first-order valence-electron chi connectivity index (χ1n) is 6.40. The van der Waals surface area contributed by atoms with Gasteiger partial charge in [0.05, 0.1) is 20.9 Å². The van der Waals surface area contributed by atoms with E-state index >= 15 is 0 Å². The van der Waals surface area contributed by atoms with Crippen LogP contribution in [0.5, 0.6) is 0 Å². The maximum atomic E-state index is 10.9. The van der Waals surface area contributed by atoms with Gasteiger partial charge in [0.2, 0.25) is 0 Å². The van der Waals surface area contributed by atoms with Crippen molar-refractivity contribution in [2.45, 2.75) is 32.7 Å². The molecule has 0 amide bonds. The Morgan fingerprint density at radius 2 is 2.14 bits per heavy atom. The van der Waals surface area contributed by atoms with Gasteiger partial charge in [-0.1, -0.05) is 20.8 Å². The molecule has 0 aliphatic carbocycles. The van der Waals surface area contributed by atoms with Crippen molar-refractivity contribution in [1.82, 2.24) is 4.98 Å². The zero-order chi connectivity index (χ0) is 15.6. The highest BCUT2D eigenvalue weighted by Crippen LogP contribution is 2.29. The van der Waals surface area contributed by atoms with E-state index in [0.29, 0.717) is 11.0 Å². The SMILES string of the molecule is CC(C)(C)c1ncc(CNc2ccc(Br)c([N+](=O)[O-])c2)s1. The summed E-state index contributed by atoms with van der Waals surface area (Å²) in [6.45, 7) is 6.98. The number of halogens is 1. The van der Waals surface area contributed by atoms with E-state index in [-0.39, 0.29) is 11.1 Å². The second-order valence-electron chi connectivity index (χ2n) is 5.66. The fourth-order valence-electron chi connectivity index (χ4n) is 1.69. The van der Waals surface area contributed by atoms with E-state index in [4.69, 9.17) is 0 Å². The first-order chi connectivity index (χ1) is 9.77. The molecule has 2 rings (SSSR count). The molecule has 0 spiro atoms. The fourth-order valence-corrected chi connectivity index (χ4v) is 2.99. The molecule has 2 aromatic rings. The highest BCUT2D eigenvalue weighted by Gasteiger charge is 2.18. The Bertz CT molecular complexity index is 664. The topological polar surface area (TPSA) is 68.1 Å². The molecule has 21 heavy (non-hydrogen) atoms. The number of hydrogen-bond acceptors (Lipinski definition) is 5. The molecular weight excluding hydrogens is 354 g/mol. The summed E-state index contributed by atoms with van der Waals surface area (Å²) in [5.74, 6) is 0. The van der Waals surface area contributed by atoms with Gasteiger partial charge in [-0.3, -0.25) is 10.1 Å². The molecule has 0 atom stereocenters. The smallest absolute Gasteiger partial charge is 0.285 e. The summed E-state index contributed by atoms with van der Waals surface area (Å²) < 4.78 is 0.478. The predicted octanol–water partition coefficient (Wildman–Crippen LogP) is 4.72. The summed E-state index contributed by atoms with van der Waals surface area (Å²) in [4.78, 5) is 16.0. The average Bonchev–Trinajstić information content (AvgIpc) is 2.86. The number of nitro benzene ring substituents is 1. The molecule has 0 saturated carbocycles. The lowest BCUT2D eigenvalue weighted by Crippen LogP contribution is -2.09. The van der Waals surface area contributed by atoms with Gasteiger partial charge in [0.25, 0.3) is 5.69 Å². The fraction of sp³-hybridized carbons (Fsp3) is 0.357. The number of nitrogens with zero attached hydrogens (tertiary/aromatic N) is 2. The van der Waals surface area contributed by atoms with Crippen LogP contribution in [0, 0.1) is 10.1 Å². The molecule has 0 bridgehead atoms. The molecule has 0 aliphatic heterocycles. The Hall–Kier alpha value is -1.47. The van der Waals surface area contributed by atoms with Gasteiger partial charge in [0.15, 0.2) is 0 Å². The van der Waals surface area contributed by atoms with Crippen LogP contribution in [-0.2, 0) is 12.0 Å². The number of nitro groups is 1. The van der Waals surface area contributed by atoms with E-state index in [9.17, 15) is 10.1 Å². The van der Waals surface area contributed by atoms with E-state index < -0.39 is 4.92 Å². The second kappa shape index (κ2) is 6.11. The number of thiazole rings is 1. The number of nitrogens with one attached hydrogen (secondary N) is 1. The van der Waals surface area contributed by atoms with E-state index in [1.807, 2.05) is 12.3 Å². The average molecular weight is 370 g/mol. The number of hydrogen-bond donors (Lipinski definition) is 1. The van der Waals surface area contributed by atoms with Gasteiger partial charge in [0, 0.05) is 28.2 Å². The minimum Gasteiger partial charge on any atom is -0.380 e. The third-order valence-corrected chi connectivity index (χ3v) is 4.90. The summed E-state index contributed by atoms with van der Waals surface area (Å²) >= 11 is 4.83. The molecule has 0 radical (unpaired) electrons. The Labute approximate surface area is 135 Å². The van der Waals surface area contributed by atoms with Gasteiger partial charge in [-0.2, -0.15) is 0 Å². The van der Waals surface area contributed by atoms with Gasteiger partial charge >= 0.3 is 0 Å². The lowest BCUT2D eigenvalue weighted by molar-refractivity contribution is -0.385. The molecule has 0 saturated heterocycles. The highest BCUT2D eigenvalue weighted by atomic mass is 79.9. The monoisotopic (exact) mass is 369 g/mol. The van der Waals surface area contributed by atoms with Gasteiger partial charge in [-0.25, -0.2) is 4.98 Å². The summed E-state index contributed by atoms with van der Waals surface area (Å²) in [6.07, 6.45) is 1.85. The summed E-state index contributed by atoms with van der Waals surface area (Å²) in [5, 5.41) is 15.2. The van der Waals surface area contributed by atoms with Crippen LogP contribution in [-0.4, -0.2) is 9.91 Å². The first-order valence-corrected chi connectivity index (χ1v) is 8.01. The van der Waals surface area contributed by atoms with E-state index in [1.54, 1.807) is 17.4 Å². The van der Waals surface area contributed by atoms with Crippen LogP contribution >= 0.6 is 27.3 Å². The molecular formula is C14H16BrN3O2S.